The average molecular weight is 425 g/mol. The van der Waals surface area contributed by atoms with Crippen LogP contribution in [-0.2, 0) is 6.42 Å². The number of ether oxygens (including phenoxy) is 1. The average Bonchev–Trinajstić information content (AvgIpc) is 2.77. The zero-order chi connectivity index (χ0) is 22.5. The molecule has 0 fully saturated rings. The summed E-state index contributed by atoms with van der Waals surface area (Å²) in [6, 6.07) is 15.9. The topological polar surface area (TPSA) is 66.0 Å². The predicted octanol–water partition coefficient (Wildman–Crippen LogP) is 3.65. The fraction of sp³-hybridized carbons (Fsp3) is 0.440. The van der Waals surface area contributed by atoms with Crippen molar-refractivity contribution < 1.29 is 9.53 Å². The van der Waals surface area contributed by atoms with E-state index in [4.69, 9.17) is 4.74 Å². The van der Waals surface area contributed by atoms with E-state index >= 15 is 0 Å². The molecule has 2 rings (SSSR count). The SMILES string of the molecule is CCNC(=NCCCCOc1ccc(C)cc1)NCCc1cccc(C(=O)N(C)C)c1. The van der Waals surface area contributed by atoms with Gasteiger partial charge in [0.2, 0.25) is 0 Å². The van der Waals surface area contributed by atoms with Crippen molar-refractivity contribution in [1.29, 1.82) is 0 Å². The molecule has 0 saturated heterocycles. The molecule has 0 aliphatic rings. The highest BCUT2D eigenvalue weighted by molar-refractivity contribution is 5.94. The van der Waals surface area contributed by atoms with Crippen LogP contribution in [0.2, 0.25) is 0 Å². The molecule has 0 radical (unpaired) electrons. The molecular formula is C25H36N4O2. The molecule has 0 unspecified atom stereocenters. The minimum absolute atomic E-state index is 0.0241. The summed E-state index contributed by atoms with van der Waals surface area (Å²) in [7, 11) is 3.54. The Morgan fingerprint density at radius 2 is 1.84 bits per heavy atom. The lowest BCUT2D eigenvalue weighted by molar-refractivity contribution is 0.0827. The molecule has 0 saturated carbocycles. The van der Waals surface area contributed by atoms with Crippen LogP contribution in [0.25, 0.3) is 0 Å². The Balaban J connectivity index is 1.71. The summed E-state index contributed by atoms with van der Waals surface area (Å²) in [5.41, 5.74) is 3.08. The van der Waals surface area contributed by atoms with Crippen molar-refractivity contribution in [2.24, 2.45) is 4.99 Å². The van der Waals surface area contributed by atoms with Crippen molar-refractivity contribution in [2.45, 2.75) is 33.1 Å². The smallest absolute Gasteiger partial charge is 0.253 e. The standard InChI is InChI=1S/C25H36N4O2/c1-5-26-25(27-16-6-7-18-31-23-13-11-20(2)12-14-23)28-17-15-21-9-8-10-22(19-21)24(30)29(3)4/h8-14,19H,5-7,15-18H2,1-4H3,(H2,26,27,28). The molecule has 0 bridgehead atoms. The van der Waals surface area contributed by atoms with E-state index in [9.17, 15) is 4.79 Å². The quantitative estimate of drug-likeness (QED) is 0.328. The van der Waals surface area contributed by atoms with Gasteiger partial charge in [-0.2, -0.15) is 0 Å². The number of benzene rings is 2. The molecule has 2 aromatic rings. The highest BCUT2D eigenvalue weighted by atomic mass is 16.5. The number of guanidine groups is 1. The molecule has 2 aromatic carbocycles. The monoisotopic (exact) mass is 424 g/mol. The first-order valence-corrected chi connectivity index (χ1v) is 11.0. The van der Waals surface area contributed by atoms with Crippen LogP contribution in [-0.4, -0.2) is 57.1 Å². The predicted molar refractivity (Wildman–Crippen MR) is 128 cm³/mol. The van der Waals surface area contributed by atoms with Gasteiger partial charge in [0.05, 0.1) is 6.61 Å². The van der Waals surface area contributed by atoms with Gasteiger partial charge >= 0.3 is 0 Å². The Morgan fingerprint density at radius 1 is 1.06 bits per heavy atom. The third-order valence-electron chi connectivity index (χ3n) is 4.74. The van der Waals surface area contributed by atoms with Gasteiger partial charge in [-0.1, -0.05) is 29.8 Å². The van der Waals surface area contributed by atoms with Gasteiger partial charge in [0.15, 0.2) is 5.96 Å². The van der Waals surface area contributed by atoms with Crippen molar-refractivity contribution >= 4 is 11.9 Å². The molecule has 0 heterocycles. The van der Waals surface area contributed by atoms with E-state index < -0.39 is 0 Å². The molecular weight excluding hydrogens is 388 g/mol. The number of carbonyl (C=O) groups excluding carboxylic acids is 1. The molecule has 1 amide bonds. The Bertz CT molecular complexity index is 832. The van der Waals surface area contributed by atoms with Gasteiger partial charge in [-0.05, 0) is 62.9 Å². The number of nitrogens with zero attached hydrogens (tertiary/aromatic N) is 2. The van der Waals surface area contributed by atoms with Crippen LogP contribution in [0.15, 0.2) is 53.5 Å². The maximum Gasteiger partial charge on any atom is 0.253 e. The molecule has 0 spiro atoms. The molecule has 2 N–H and O–H groups in total. The third-order valence-corrected chi connectivity index (χ3v) is 4.74. The van der Waals surface area contributed by atoms with Crippen molar-refractivity contribution in [3.63, 3.8) is 0 Å². The van der Waals surface area contributed by atoms with E-state index in [-0.39, 0.29) is 5.91 Å². The maximum absolute atomic E-state index is 12.1. The van der Waals surface area contributed by atoms with Gasteiger partial charge in [0, 0.05) is 39.3 Å². The van der Waals surface area contributed by atoms with Crippen LogP contribution in [0.3, 0.4) is 0 Å². The Hall–Kier alpha value is -3.02. The highest BCUT2D eigenvalue weighted by Crippen LogP contribution is 2.12. The van der Waals surface area contributed by atoms with E-state index in [1.165, 1.54) is 5.56 Å². The Kier molecular flexibility index (Phi) is 10.4. The molecule has 6 heteroatoms. The largest absolute Gasteiger partial charge is 0.494 e. The van der Waals surface area contributed by atoms with Crippen molar-refractivity contribution in [1.82, 2.24) is 15.5 Å². The van der Waals surface area contributed by atoms with Crippen LogP contribution in [0.5, 0.6) is 5.75 Å². The first kappa shape index (κ1) is 24.3. The lowest BCUT2D eigenvalue weighted by Crippen LogP contribution is -2.38. The summed E-state index contributed by atoms with van der Waals surface area (Å²) in [6.45, 7) is 7.14. The lowest BCUT2D eigenvalue weighted by atomic mass is 10.1. The third kappa shape index (κ3) is 9.11. The number of rotatable bonds is 11. The second-order valence-corrected chi connectivity index (χ2v) is 7.71. The van der Waals surface area contributed by atoms with Gasteiger partial charge < -0.3 is 20.3 Å². The number of unbranched alkanes of at least 4 members (excludes halogenated alkanes) is 1. The van der Waals surface area contributed by atoms with Crippen molar-refractivity contribution in [3.05, 3.63) is 65.2 Å². The van der Waals surface area contributed by atoms with Gasteiger partial charge in [0.25, 0.3) is 5.91 Å². The van der Waals surface area contributed by atoms with Gasteiger partial charge in [-0.15, -0.1) is 0 Å². The number of aryl methyl sites for hydroxylation is 1. The Morgan fingerprint density at radius 3 is 2.55 bits per heavy atom. The lowest BCUT2D eigenvalue weighted by Gasteiger charge is -2.13. The Labute approximate surface area is 186 Å². The number of hydrogen-bond donors (Lipinski definition) is 2. The fourth-order valence-electron chi connectivity index (χ4n) is 3.01. The number of aliphatic imine (C=N–C) groups is 1. The van der Waals surface area contributed by atoms with E-state index in [0.717, 1.165) is 61.7 Å². The number of amides is 1. The van der Waals surface area contributed by atoms with Gasteiger partial charge in [-0.3, -0.25) is 9.79 Å². The van der Waals surface area contributed by atoms with E-state index in [2.05, 4.69) is 41.6 Å². The molecule has 0 aliphatic carbocycles. The summed E-state index contributed by atoms with van der Waals surface area (Å²) in [5, 5.41) is 6.66. The van der Waals surface area contributed by atoms with Crippen LogP contribution < -0.4 is 15.4 Å². The molecule has 31 heavy (non-hydrogen) atoms. The van der Waals surface area contributed by atoms with E-state index in [1.54, 1.807) is 19.0 Å². The second-order valence-electron chi connectivity index (χ2n) is 7.71. The molecule has 168 valence electrons. The van der Waals surface area contributed by atoms with Crippen LogP contribution in [0.1, 0.15) is 41.3 Å². The minimum atomic E-state index is 0.0241. The molecule has 0 aliphatic heterocycles. The molecule has 0 aromatic heterocycles. The normalized spacial score (nSPS) is 11.2. The van der Waals surface area contributed by atoms with Crippen LogP contribution in [0.4, 0.5) is 0 Å². The maximum atomic E-state index is 12.1. The number of nitrogens with one attached hydrogen (secondary N) is 2. The second kappa shape index (κ2) is 13.3. The summed E-state index contributed by atoms with van der Waals surface area (Å²) < 4.78 is 5.76. The van der Waals surface area contributed by atoms with Gasteiger partial charge in [-0.25, -0.2) is 0 Å². The summed E-state index contributed by atoms with van der Waals surface area (Å²) >= 11 is 0. The van der Waals surface area contributed by atoms with Crippen molar-refractivity contribution in [2.75, 3.05) is 40.3 Å². The summed E-state index contributed by atoms with van der Waals surface area (Å²) in [4.78, 5) is 18.4. The van der Waals surface area contributed by atoms with E-state index in [1.807, 2.05) is 36.4 Å². The van der Waals surface area contributed by atoms with Gasteiger partial charge in [0.1, 0.15) is 5.75 Å². The minimum Gasteiger partial charge on any atom is -0.494 e. The van der Waals surface area contributed by atoms with Crippen LogP contribution >= 0.6 is 0 Å². The molecule has 0 atom stereocenters. The zero-order valence-electron chi connectivity index (χ0n) is 19.3. The van der Waals surface area contributed by atoms with Crippen molar-refractivity contribution in [3.8, 4) is 5.75 Å². The zero-order valence-corrected chi connectivity index (χ0v) is 19.3. The number of carbonyl (C=O) groups is 1. The number of hydrogen-bond acceptors (Lipinski definition) is 3. The summed E-state index contributed by atoms with van der Waals surface area (Å²) in [5.74, 6) is 1.76. The van der Waals surface area contributed by atoms with E-state index in [0.29, 0.717) is 6.61 Å². The first-order chi connectivity index (χ1) is 15.0. The van der Waals surface area contributed by atoms with Crippen LogP contribution in [0, 0.1) is 6.92 Å². The summed E-state index contributed by atoms with van der Waals surface area (Å²) in [6.07, 6.45) is 2.75. The first-order valence-electron chi connectivity index (χ1n) is 11.0. The fourth-order valence-corrected chi connectivity index (χ4v) is 3.01. The highest BCUT2D eigenvalue weighted by Gasteiger charge is 2.08. The molecule has 6 nitrogen and oxygen atoms in total.